The SMILES string of the molecule is Cc1sc2nc(CCC(=O)N3CCCC(CN4CCN(c5ccccn5)CC4)C3)[nH]c(=O)c2c1C. The maximum Gasteiger partial charge on any atom is 0.259 e. The van der Waals surface area contributed by atoms with Crippen molar-refractivity contribution in [1.29, 1.82) is 0 Å². The van der Waals surface area contributed by atoms with E-state index in [4.69, 9.17) is 0 Å². The number of piperazine rings is 1. The number of aromatic amines is 1. The summed E-state index contributed by atoms with van der Waals surface area (Å²) in [6.07, 6.45) is 4.93. The fraction of sp³-hybridized carbons (Fsp3) is 0.538. The normalized spacial score (nSPS) is 19.4. The molecular formula is C26H34N6O2S. The van der Waals surface area contributed by atoms with Gasteiger partial charge in [0.1, 0.15) is 16.5 Å². The summed E-state index contributed by atoms with van der Waals surface area (Å²) < 4.78 is 0. The third kappa shape index (κ3) is 5.41. The lowest BCUT2D eigenvalue weighted by atomic mass is 9.96. The van der Waals surface area contributed by atoms with Crippen molar-refractivity contribution in [1.82, 2.24) is 24.8 Å². The molecule has 2 fully saturated rings. The van der Waals surface area contributed by atoms with Gasteiger partial charge in [0.2, 0.25) is 5.91 Å². The fourth-order valence-corrected chi connectivity index (χ4v) is 6.36. The highest BCUT2D eigenvalue weighted by molar-refractivity contribution is 7.18. The number of carbonyl (C=O) groups is 1. The molecule has 0 spiro atoms. The van der Waals surface area contributed by atoms with Crippen LogP contribution in [0.5, 0.6) is 0 Å². The van der Waals surface area contributed by atoms with E-state index in [9.17, 15) is 9.59 Å². The van der Waals surface area contributed by atoms with Crippen LogP contribution in [0.3, 0.4) is 0 Å². The summed E-state index contributed by atoms with van der Waals surface area (Å²) >= 11 is 1.55. The minimum Gasteiger partial charge on any atom is -0.354 e. The first-order valence-electron chi connectivity index (χ1n) is 12.6. The van der Waals surface area contributed by atoms with Gasteiger partial charge in [-0.2, -0.15) is 0 Å². The quantitative estimate of drug-likeness (QED) is 0.567. The van der Waals surface area contributed by atoms with E-state index in [2.05, 4.69) is 30.8 Å². The predicted octanol–water partition coefficient (Wildman–Crippen LogP) is 2.99. The number of fused-ring (bicyclic) bond motifs is 1. The summed E-state index contributed by atoms with van der Waals surface area (Å²) in [6, 6.07) is 6.07. The molecule has 5 heterocycles. The number of H-pyrrole nitrogens is 1. The lowest BCUT2D eigenvalue weighted by molar-refractivity contribution is -0.133. The van der Waals surface area contributed by atoms with E-state index in [-0.39, 0.29) is 11.5 Å². The number of rotatable bonds is 6. The molecule has 0 saturated carbocycles. The third-order valence-electron chi connectivity index (χ3n) is 7.40. The minimum atomic E-state index is -0.0968. The number of carbonyl (C=O) groups excluding carboxylic acids is 1. The number of likely N-dealkylation sites (tertiary alicyclic amines) is 1. The zero-order valence-electron chi connectivity index (χ0n) is 20.6. The summed E-state index contributed by atoms with van der Waals surface area (Å²) in [5, 5.41) is 0.683. The molecule has 186 valence electrons. The maximum absolute atomic E-state index is 13.0. The van der Waals surface area contributed by atoms with E-state index in [1.807, 2.05) is 37.1 Å². The van der Waals surface area contributed by atoms with Crippen molar-refractivity contribution in [2.75, 3.05) is 50.7 Å². The van der Waals surface area contributed by atoms with Crippen molar-refractivity contribution in [2.45, 2.75) is 39.5 Å². The molecular weight excluding hydrogens is 460 g/mol. The van der Waals surface area contributed by atoms with Gasteiger partial charge in [0, 0.05) is 69.7 Å². The first-order chi connectivity index (χ1) is 17.0. The molecule has 35 heavy (non-hydrogen) atoms. The molecule has 0 aromatic carbocycles. The molecule has 3 aromatic heterocycles. The third-order valence-corrected chi connectivity index (χ3v) is 8.50. The first kappa shape index (κ1) is 23.9. The van der Waals surface area contributed by atoms with Crippen molar-refractivity contribution in [3.8, 4) is 0 Å². The summed E-state index contributed by atoms with van der Waals surface area (Å²) in [5.41, 5.74) is 0.902. The first-order valence-corrected chi connectivity index (χ1v) is 13.4. The molecule has 8 nitrogen and oxygen atoms in total. The Balaban J connectivity index is 1.11. The van der Waals surface area contributed by atoms with Crippen LogP contribution in [-0.4, -0.2) is 76.5 Å². The smallest absolute Gasteiger partial charge is 0.259 e. The van der Waals surface area contributed by atoms with Gasteiger partial charge in [-0.3, -0.25) is 14.5 Å². The van der Waals surface area contributed by atoms with Crippen molar-refractivity contribution in [3.05, 3.63) is 51.0 Å². The van der Waals surface area contributed by atoms with Gasteiger partial charge in [0.15, 0.2) is 0 Å². The Morgan fingerprint density at radius 2 is 2.00 bits per heavy atom. The van der Waals surface area contributed by atoms with Crippen LogP contribution in [0.2, 0.25) is 0 Å². The number of pyridine rings is 1. The number of anilines is 1. The van der Waals surface area contributed by atoms with Crippen LogP contribution in [0.25, 0.3) is 10.2 Å². The number of thiophene rings is 1. The van der Waals surface area contributed by atoms with Gasteiger partial charge < -0.3 is 14.8 Å². The monoisotopic (exact) mass is 494 g/mol. The number of nitrogens with one attached hydrogen (secondary N) is 1. The Bertz CT molecular complexity index is 1230. The number of hydrogen-bond acceptors (Lipinski definition) is 7. The molecule has 0 bridgehead atoms. The van der Waals surface area contributed by atoms with E-state index >= 15 is 0 Å². The van der Waals surface area contributed by atoms with Crippen LogP contribution in [-0.2, 0) is 11.2 Å². The molecule has 1 atom stereocenters. The van der Waals surface area contributed by atoms with Gasteiger partial charge in [-0.05, 0) is 50.3 Å². The van der Waals surface area contributed by atoms with Crippen molar-refractivity contribution < 1.29 is 4.79 Å². The Labute approximate surface area is 210 Å². The highest BCUT2D eigenvalue weighted by atomic mass is 32.1. The van der Waals surface area contributed by atoms with Gasteiger partial charge in [-0.15, -0.1) is 11.3 Å². The van der Waals surface area contributed by atoms with Crippen LogP contribution in [0, 0.1) is 19.8 Å². The Kier molecular flexibility index (Phi) is 7.15. The lowest BCUT2D eigenvalue weighted by Gasteiger charge is -2.39. The molecule has 9 heteroatoms. The van der Waals surface area contributed by atoms with E-state index in [0.717, 1.165) is 73.3 Å². The maximum atomic E-state index is 13.0. The molecule has 3 aromatic rings. The Hall–Kier alpha value is -2.78. The minimum absolute atomic E-state index is 0.0968. The summed E-state index contributed by atoms with van der Waals surface area (Å²) in [7, 11) is 0. The molecule has 1 amide bonds. The van der Waals surface area contributed by atoms with E-state index in [1.165, 1.54) is 6.42 Å². The van der Waals surface area contributed by atoms with Crippen LogP contribution in [0.15, 0.2) is 29.2 Å². The molecule has 2 aliphatic rings. The molecule has 2 aliphatic heterocycles. The lowest BCUT2D eigenvalue weighted by Crippen LogP contribution is -2.50. The van der Waals surface area contributed by atoms with Gasteiger partial charge in [0.05, 0.1) is 5.39 Å². The molecule has 1 N–H and O–H groups in total. The highest BCUT2D eigenvalue weighted by Gasteiger charge is 2.27. The topological polar surface area (TPSA) is 85.4 Å². The van der Waals surface area contributed by atoms with Gasteiger partial charge in [0.25, 0.3) is 5.56 Å². The number of nitrogens with zero attached hydrogens (tertiary/aromatic N) is 5. The molecule has 2 saturated heterocycles. The average molecular weight is 495 g/mol. The van der Waals surface area contributed by atoms with Crippen molar-refractivity contribution in [3.63, 3.8) is 0 Å². The van der Waals surface area contributed by atoms with Crippen LogP contribution >= 0.6 is 11.3 Å². The standard InChI is InChI=1S/C26H34N6O2S/c1-18-19(2)35-26-24(18)25(34)28-21(29-26)8-9-23(33)32-11-5-6-20(17-32)16-30-12-14-31(15-13-30)22-7-3-4-10-27-22/h3-4,7,10,20H,5-6,8-9,11-17H2,1-2H3,(H,28,29,34). The number of aryl methyl sites for hydroxylation is 3. The Morgan fingerprint density at radius 1 is 1.17 bits per heavy atom. The number of aromatic nitrogens is 3. The fourth-order valence-electron chi connectivity index (χ4n) is 5.31. The van der Waals surface area contributed by atoms with Crippen molar-refractivity contribution >= 4 is 33.3 Å². The number of amides is 1. The largest absolute Gasteiger partial charge is 0.354 e. The second-order valence-electron chi connectivity index (χ2n) is 9.80. The molecule has 0 aliphatic carbocycles. The summed E-state index contributed by atoms with van der Waals surface area (Å²) in [6.45, 7) is 10.7. The summed E-state index contributed by atoms with van der Waals surface area (Å²) in [4.78, 5) is 46.3. The van der Waals surface area contributed by atoms with Crippen LogP contribution in [0.1, 0.15) is 35.5 Å². The zero-order valence-corrected chi connectivity index (χ0v) is 21.4. The van der Waals surface area contributed by atoms with Crippen molar-refractivity contribution in [2.24, 2.45) is 5.92 Å². The molecule has 5 rings (SSSR count). The van der Waals surface area contributed by atoms with Crippen LogP contribution in [0.4, 0.5) is 5.82 Å². The van der Waals surface area contributed by atoms with Gasteiger partial charge in [-0.1, -0.05) is 6.07 Å². The predicted molar refractivity (Wildman–Crippen MR) is 140 cm³/mol. The van der Waals surface area contributed by atoms with Gasteiger partial charge in [-0.25, -0.2) is 9.97 Å². The average Bonchev–Trinajstić information content (AvgIpc) is 3.17. The van der Waals surface area contributed by atoms with Gasteiger partial charge >= 0.3 is 0 Å². The zero-order chi connectivity index (χ0) is 24.4. The van der Waals surface area contributed by atoms with E-state index in [0.29, 0.717) is 30.0 Å². The number of piperidine rings is 1. The molecule has 1 unspecified atom stereocenters. The van der Waals surface area contributed by atoms with E-state index < -0.39 is 0 Å². The number of hydrogen-bond donors (Lipinski definition) is 1. The second kappa shape index (κ2) is 10.5. The Morgan fingerprint density at radius 3 is 2.77 bits per heavy atom. The second-order valence-corrected chi connectivity index (χ2v) is 11.0. The summed E-state index contributed by atoms with van der Waals surface area (Å²) in [5.74, 6) is 2.34. The van der Waals surface area contributed by atoms with Crippen LogP contribution < -0.4 is 10.5 Å². The van der Waals surface area contributed by atoms with E-state index in [1.54, 1.807) is 11.3 Å². The molecule has 0 radical (unpaired) electrons. The highest BCUT2D eigenvalue weighted by Crippen LogP contribution is 2.26.